The van der Waals surface area contributed by atoms with E-state index in [1.807, 2.05) is 24.3 Å². The molecule has 1 aromatic carbocycles. The minimum absolute atomic E-state index is 0. The lowest BCUT2D eigenvalue weighted by Crippen LogP contribution is -3.00. The molecule has 0 N–H and O–H groups in total. The van der Waals surface area contributed by atoms with Gasteiger partial charge in [-0.3, -0.25) is 0 Å². The Balaban J connectivity index is 0.00000208. The van der Waals surface area contributed by atoms with E-state index < -0.39 is 0 Å². The Hall–Kier alpha value is -0.570. The predicted octanol–water partition coefficient (Wildman–Crippen LogP) is -0.896. The molecule has 0 amide bonds. The molecule has 0 aromatic heterocycles. The van der Waals surface area contributed by atoms with E-state index in [-0.39, 0.29) is 30.1 Å². The smallest absolute Gasteiger partial charge is 0.161 e. The van der Waals surface area contributed by atoms with Crippen LogP contribution in [0.3, 0.4) is 0 Å². The number of halogens is 1. The van der Waals surface area contributed by atoms with E-state index in [1.165, 1.54) is 13.0 Å². The zero-order valence-electron chi connectivity index (χ0n) is 14.4. The minimum atomic E-state index is -0.00584. The maximum absolute atomic E-state index is 5.88. The van der Waals surface area contributed by atoms with Crippen molar-refractivity contribution < 1.29 is 47.4 Å². The van der Waals surface area contributed by atoms with Crippen LogP contribution in [0.2, 0.25) is 0 Å². The van der Waals surface area contributed by atoms with Crippen LogP contribution < -0.4 is 33.5 Å². The second-order valence-electron chi connectivity index (χ2n) is 6.68. The van der Waals surface area contributed by atoms with Crippen LogP contribution in [-0.4, -0.2) is 70.3 Å². The van der Waals surface area contributed by atoms with Gasteiger partial charge in [0.25, 0.3) is 0 Å². The summed E-state index contributed by atoms with van der Waals surface area (Å²) in [7, 11) is 2.33. The highest BCUT2D eigenvalue weighted by Crippen LogP contribution is 2.30. The number of hydrogen-bond acceptors (Lipinski definition) is 4. The van der Waals surface area contributed by atoms with Crippen LogP contribution in [0.25, 0.3) is 0 Å². The van der Waals surface area contributed by atoms with E-state index in [9.17, 15) is 0 Å². The molecule has 0 bridgehead atoms. The van der Waals surface area contributed by atoms with Gasteiger partial charge < -0.3 is 47.4 Å². The average Bonchev–Trinajstić information content (AvgIpc) is 2.58. The number of ether oxygens (including phenoxy) is 4. The molecule has 3 rings (SSSR count). The monoisotopic (exact) mass is 449 g/mol. The molecule has 0 aliphatic carbocycles. The summed E-state index contributed by atoms with van der Waals surface area (Å²) in [6.45, 7) is 7.21. The van der Waals surface area contributed by atoms with Gasteiger partial charge in [-0.2, -0.15) is 0 Å². The number of quaternary nitrogens is 1. The molecule has 6 heteroatoms. The summed E-state index contributed by atoms with van der Waals surface area (Å²) >= 11 is 0. The number of unbranched alkanes of at least 4 members (excludes halogenated alkanes) is 1. The molecule has 136 valence electrons. The molecule has 0 saturated carbocycles. The number of morpholine rings is 1. The largest absolute Gasteiger partial charge is 1.00 e. The summed E-state index contributed by atoms with van der Waals surface area (Å²) in [5, 5.41) is 0. The maximum Gasteiger partial charge on any atom is 0.161 e. The Morgan fingerprint density at radius 3 is 2.67 bits per heavy atom. The molecule has 1 aromatic rings. The lowest BCUT2D eigenvalue weighted by atomic mass is 10.2. The first-order chi connectivity index (χ1) is 11.3. The summed E-state index contributed by atoms with van der Waals surface area (Å²) in [6.07, 6.45) is 2.29. The topological polar surface area (TPSA) is 36.9 Å². The molecule has 2 aliphatic heterocycles. The Bertz CT molecular complexity index is 494. The number of hydrogen-bond donors (Lipinski definition) is 0. The first kappa shape index (κ1) is 19.8. The second kappa shape index (κ2) is 9.79. The highest BCUT2D eigenvalue weighted by molar-refractivity contribution is 5.40. The number of nitrogens with zero attached hydrogens (tertiary/aromatic N) is 1. The van der Waals surface area contributed by atoms with Crippen molar-refractivity contribution in [1.82, 2.24) is 0 Å². The maximum atomic E-state index is 5.88. The van der Waals surface area contributed by atoms with Crippen molar-refractivity contribution in [2.24, 2.45) is 0 Å². The van der Waals surface area contributed by atoms with Crippen LogP contribution in [0.1, 0.15) is 12.8 Å². The molecule has 2 aliphatic rings. The summed E-state index contributed by atoms with van der Waals surface area (Å²) in [5.74, 6) is 1.64. The summed E-state index contributed by atoms with van der Waals surface area (Å²) < 4.78 is 23.9. The molecule has 24 heavy (non-hydrogen) atoms. The SMILES string of the molecule is C[N+]1(CCCCOCC2COc3ccccc3O2)CCOCC1.[I-]. The first-order valence-electron chi connectivity index (χ1n) is 8.63. The zero-order chi connectivity index (χ0) is 16.0. The van der Waals surface area contributed by atoms with Crippen molar-refractivity contribution in [3.63, 3.8) is 0 Å². The predicted molar refractivity (Wildman–Crippen MR) is 88.0 cm³/mol. The quantitative estimate of drug-likeness (QED) is 0.308. The van der Waals surface area contributed by atoms with Gasteiger partial charge in [0.05, 0.1) is 33.4 Å². The number of benzene rings is 1. The molecule has 1 fully saturated rings. The van der Waals surface area contributed by atoms with Gasteiger partial charge in [-0.25, -0.2) is 0 Å². The van der Waals surface area contributed by atoms with Crippen molar-refractivity contribution in [2.75, 3.05) is 59.7 Å². The molecule has 0 spiro atoms. The number of para-hydroxylation sites is 2. The Kier molecular flexibility index (Phi) is 8.06. The van der Waals surface area contributed by atoms with Gasteiger partial charge in [0.15, 0.2) is 17.6 Å². The van der Waals surface area contributed by atoms with E-state index in [0.717, 1.165) is 55.3 Å². The summed E-state index contributed by atoms with van der Waals surface area (Å²) in [6, 6.07) is 7.78. The lowest BCUT2D eigenvalue weighted by molar-refractivity contribution is -0.917. The third-order valence-electron chi connectivity index (χ3n) is 4.66. The molecular formula is C18H28INO4. The fourth-order valence-corrected chi connectivity index (χ4v) is 3.06. The van der Waals surface area contributed by atoms with E-state index >= 15 is 0 Å². The molecule has 0 radical (unpaired) electrons. The van der Waals surface area contributed by atoms with Crippen LogP contribution in [0.15, 0.2) is 24.3 Å². The van der Waals surface area contributed by atoms with E-state index in [1.54, 1.807) is 0 Å². The standard InChI is InChI=1S/C18H28NO4.HI/c1-19(9-12-20-13-10-19)8-4-5-11-21-14-16-15-22-17-6-2-3-7-18(17)23-16;/h2-3,6-7,16H,4-5,8-15H2,1H3;1H/q+1;/p-1. The van der Waals surface area contributed by atoms with E-state index in [4.69, 9.17) is 18.9 Å². The van der Waals surface area contributed by atoms with Crippen LogP contribution in [0.4, 0.5) is 0 Å². The molecule has 2 heterocycles. The lowest BCUT2D eigenvalue weighted by Gasteiger charge is -2.37. The molecule has 1 atom stereocenters. The fraction of sp³-hybridized carbons (Fsp3) is 0.667. The van der Waals surface area contributed by atoms with Crippen molar-refractivity contribution in [2.45, 2.75) is 18.9 Å². The van der Waals surface area contributed by atoms with Crippen molar-refractivity contribution >= 4 is 0 Å². The second-order valence-corrected chi connectivity index (χ2v) is 6.68. The summed E-state index contributed by atoms with van der Waals surface area (Å²) in [4.78, 5) is 0. The van der Waals surface area contributed by atoms with Gasteiger partial charge in [0.2, 0.25) is 0 Å². The Morgan fingerprint density at radius 1 is 1.12 bits per heavy atom. The van der Waals surface area contributed by atoms with Crippen LogP contribution in [-0.2, 0) is 9.47 Å². The average molecular weight is 449 g/mol. The van der Waals surface area contributed by atoms with E-state index in [0.29, 0.717) is 13.2 Å². The molecular weight excluding hydrogens is 421 g/mol. The van der Waals surface area contributed by atoms with Crippen molar-refractivity contribution in [3.8, 4) is 11.5 Å². The minimum Gasteiger partial charge on any atom is -1.00 e. The number of rotatable bonds is 7. The normalized spacial score (nSPS) is 21.8. The Labute approximate surface area is 161 Å². The van der Waals surface area contributed by atoms with Gasteiger partial charge in [-0.15, -0.1) is 0 Å². The van der Waals surface area contributed by atoms with Gasteiger partial charge >= 0.3 is 0 Å². The van der Waals surface area contributed by atoms with E-state index in [2.05, 4.69) is 7.05 Å². The van der Waals surface area contributed by atoms with Gasteiger partial charge in [0.1, 0.15) is 19.7 Å². The number of fused-ring (bicyclic) bond motifs is 1. The number of likely N-dealkylation sites (N-methyl/N-ethyl adjacent to an activating group) is 1. The molecule has 5 nitrogen and oxygen atoms in total. The van der Waals surface area contributed by atoms with Crippen molar-refractivity contribution in [3.05, 3.63) is 24.3 Å². The highest BCUT2D eigenvalue weighted by atomic mass is 127. The van der Waals surface area contributed by atoms with Gasteiger partial charge in [-0.1, -0.05) is 12.1 Å². The zero-order valence-corrected chi connectivity index (χ0v) is 16.6. The van der Waals surface area contributed by atoms with Crippen LogP contribution >= 0.6 is 0 Å². The van der Waals surface area contributed by atoms with Gasteiger partial charge in [0, 0.05) is 6.61 Å². The van der Waals surface area contributed by atoms with Crippen molar-refractivity contribution in [1.29, 1.82) is 0 Å². The summed E-state index contributed by atoms with van der Waals surface area (Å²) in [5.41, 5.74) is 0. The third-order valence-corrected chi connectivity index (χ3v) is 4.66. The Morgan fingerprint density at radius 2 is 1.88 bits per heavy atom. The van der Waals surface area contributed by atoms with Crippen LogP contribution in [0.5, 0.6) is 11.5 Å². The fourth-order valence-electron chi connectivity index (χ4n) is 3.06. The highest BCUT2D eigenvalue weighted by Gasteiger charge is 2.24. The first-order valence-corrected chi connectivity index (χ1v) is 8.63. The van der Waals surface area contributed by atoms with Crippen LogP contribution in [0, 0.1) is 0 Å². The molecule has 1 saturated heterocycles. The van der Waals surface area contributed by atoms with Gasteiger partial charge in [-0.05, 0) is 25.0 Å². The molecule has 1 unspecified atom stereocenters. The third kappa shape index (κ3) is 5.75.